The highest BCUT2D eigenvalue weighted by molar-refractivity contribution is 6.00. The second-order valence-corrected chi connectivity index (χ2v) is 4.99. The Bertz CT molecular complexity index is 740. The summed E-state index contributed by atoms with van der Waals surface area (Å²) in [5.74, 6) is 1.06. The van der Waals surface area contributed by atoms with E-state index in [1.807, 2.05) is 25.1 Å². The van der Waals surface area contributed by atoms with Crippen LogP contribution in [0.15, 0.2) is 24.4 Å². The Morgan fingerprint density at radius 3 is 2.95 bits per heavy atom. The minimum absolute atomic E-state index is 0.327. The van der Waals surface area contributed by atoms with E-state index in [1.54, 1.807) is 20.2 Å². The largest absolute Gasteiger partial charge is 0.497 e. The van der Waals surface area contributed by atoms with Gasteiger partial charge in [0.25, 0.3) is 0 Å². The lowest BCUT2D eigenvalue weighted by Crippen LogP contribution is -2.15. The zero-order valence-corrected chi connectivity index (χ0v) is 12.8. The van der Waals surface area contributed by atoms with Crippen molar-refractivity contribution >= 4 is 5.97 Å². The van der Waals surface area contributed by atoms with Crippen LogP contribution in [0.5, 0.6) is 11.5 Å². The van der Waals surface area contributed by atoms with E-state index < -0.39 is 0 Å². The number of carbonyl (C=O) groups is 1. The Kier molecular flexibility index (Phi) is 3.71. The molecule has 0 bridgehead atoms. The van der Waals surface area contributed by atoms with Gasteiger partial charge in [0.2, 0.25) is 0 Å². The van der Waals surface area contributed by atoms with E-state index in [4.69, 9.17) is 14.2 Å². The van der Waals surface area contributed by atoms with E-state index >= 15 is 0 Å². The minimum Gasteiger partial charge on any atom is -0.497 e. The first-order valence-corrected chi connectivity index (χ1v) is 7.12. The number of carbonyl (C=O) groups excluding carboxylic acids is 1. The molecule has 1 aliphatic rings. The van der Waals surface area contributed by atoms with Gasteiger partial charge in [-0.3, -0.25) is 4.98 Å². The summed E-state index contributed by atoms with van der Waals surface area (Å²) < 4.78 is 16.2. The summed E-state index contributed by atoms with van der Waals surface area (Å²) in [7, 11) is 1.61. The first-order valence-electron chi connectivity index (χ1n) is 7.12. The smallest absolute Gasteiger partial charge is 0.340 e. The van der Waals surface area contributed by atoms with E-state index in [2.05, 4.69) is 4.98 Å². The van der Waals surface area contributed by atoms with Gasteiger partial charge in [-0.25, -0.2) is 4.79 Å². The van der Waals surface area contributed by atoms with Gasteiger partial charge in [0.05, 0.1) is 25.0 Å². The maximum absolute atomic E-state index is 12.3. The van der Waals surface area contributed by atoms with E-state index in [0.717, 1.165) is 16.7 Å². The summed E-state index contributed by atoms with van der Waals surface area (Å²) in [5, 5.41) is 0. The van der Waals surface area contributed by atoms with Gasteiger partial charge in [-0.05, 0) is 26.0 Å². The average Bonchev–Trinajstić information content (AvgIpc) is 2.54. The first kappa shape index (κ1) is 14.4. The van der Waals surface area contributed by atoms with Gasteiger partial charge in [0.1, 0.15) is 18.1 Å². The van der Waals surface area contributed by atoms with Crippen LogP contribution in [0.2, 0.25) is 0 Å². The number of methoxy groups -OCH3 is 1. The minimum atomic E-state index is -0.354. The molecular weight excluding hydrogens is 282 g/mol. The summed E-state index contributed by atoms with van der Waals surface area (Å²) in [6.45, 7) is 4.30. The summed E-state index contributed by atoms with van der Waals surface area (Å²) in [6, 6.07) is 5.57. The number of esters is 1. The lowest BCUT2D eigenvalue weighted by Gasteiger charge is -2.23. The molecule has 5 heteroatoms. The predicted molar refractivity (Wildman–Crippen MR) is 81.3 cm³/mol. The van der Waals surface area contributed by atoms with Crippen molar-refractivity contribution < 1.29 is 19.0 Å². The fraction of sp³-hybridized carbons (Fsp3) is 0.294. The molecule has 0 amide bonds. The van der Waals surface area contributed by atoms with Crippen LogP contribution in [0.1, 0.15) is 28.5 Å². The van der Waals surface area contributed by atoms with Crippen molar-refractivity contribution in [2.24, 2.45) is 0 Å². The summed E-state index contributed by atoms with van der Waals surface area (Å²) in [5.41, 5.74) is 3.74. The highest BCUT2D eigenvalue weighted by Crippen LogP contribution is 2.41. The summed E-state index contributed by atoms with van der Waals surface area (Å²) in [4.78, 5) is 16.6. The van der Waals surface area contributed by atoms with Crippen LogP contribution >= 0.6 is 0 Å². The zero-order chi connectivity index (χ0) is 15.7. The molecule has 0 aliphatic carbocycles. The fourth-order valence-electron chi connectivity index (χ4n) is 2.63. The number of fused-ring (bicyclic) bond motifs is 3. The van der Waals surface area contributed by atoms with Crippen molar-refractivity contribution in [2.75, 3.05) is 13.7 Å². The molecule has 1 aromatic carbocycles. The molecule has 0 unspecified atom stereocenters. The highest BCUT2D eigenvalue weighted by Gasteiger charge is 2.26. The molecule has 2 aromatic rings. The first-order chi connectivity index (χ1) is 10.7. The molecule has 114 valence electrons. The Balaban J connectivity index is 2.22. The lowest BCUT2D eigenvalue weighted by molar-refractivity contribution is 0.0525. The van der Waals surface area contributed by atoms with Crippen molar-refractivity contribution in [3.63, 3.8) is 0 Å². The zero-order valence-electron chi connectivity index (χ0n) is 12.8. The third-order valence-electron chi connectivity index (χ3n) is 3.67. The van der Waals surface area contributed by atoms with E-state index in [0.29, 0.717) is 36.0 Å². The van der Waals surface area contributed by atoms with Gasteiger partial charge < -0.3 is 14.2 Å². The Hall–Kier alpha value is -2.56. The van der Waals surface area contributed by atoms with Crippen molar-refractivity contribution in [2.45, 2.75) is 20.5 Å². The maximum Gasteiger partial charge on any atom is 0.340 e. The third-order valence-corrected chi connectivity index (χ3v) is 3.67. The van der Waals surface area contributed by atoms with Crippen LogP contribution in [0.4, 0.5) is 0 Å². The molecule has 1 aliphatic heterocycles. The molecule has 0 saturated heterocycles. The fourth-order valence-corrected chi connectivity index (χ4v) is 2.63. The van der Waals surface area contributed by atoms with Gasteiger partial charge in [0, 0.05) is 29.0 Å². The summed E-state index contributed by atoms with van der Waals surface area (Å²) in [6.07, 6.45) is 1.75. The second-order valence-electron chi connectivity index (χ2n) is 4.99. The molecule has 0 radical (unpaired) electrons. The normalized spacial score (nSPS) is 12.0. The van der Waals surface area contributed by atoms with Crippen molar-refractivity contribution in [1.82, 2.24) is 4.98 Å². The molecular formula is C17H17NO4. The Morgan fingerprint density at radius 1 is 1.41 bits per heavy atom. The molecule has 1 aromatic heterocycles. The Labute approximate surface area is 128 Å². The molecule has 0 fully saturated rings. The molecule has 0 spiro atoms. The summed E-state index contributed by atoms with van der Waals surface area (Å²) >= 11 is 0. The molecule has 22 heavy (non-hydrogen) atoms. The number of nitrogens with zero attached hydrogens (tertiary/aromatic N) is 1. The van der Waals surface area contributed by atoms with Gasteiger partial charge in [-0.2, -0.15) is 0 Å². The van der Waals surface area contributed by atoms with Crippen molar-refractivity contribution in [3.8, 4) is 22.6 Å². The molecule has 0 saturated carbocycles. The molecule has 2 heterocycles. The SMILES string of the molecule is CCOC(=O)c1c(C)ncc2c1-c1ccc(OC)cc1OC2. The number of hydrogen-bond donors (Lipinski definition) is 0. The number of rotatable bonds is 3. The average molecular weight is 299 g/mol. The van der Waals surface area contributed by atoms with E-state index in [-0.39, 0.29) is 5.97 Å². The number of aryl methyl sites for hydroxylation is 1. The number of ether oxygens (including phenoxy) is 3. The van der Waals surface area contributed by atoms with Gasteiger partial charge >= 0.3 is 5.97 Å². The van der Waals surface area contributed by atoms with Crippen LogP contribution in [0, 0.1) is 6.92 Å². The molecule has 0 N–H and O–H groups in total. The van der Waals surface area contributed by atoms with Crippen LogP contribution in [0.25, 0.3) is 11.1 Å². The standard InChI is InChI=1S/C17H17NO4/c1-4-21-17(19)15-10(2)18-8-11-9-22-14-7-12(20-3)5-6-13(14)16(11)15/h5-8H,4,9H2,1-3H3. The van der Waals surface area contributed by atoms with Crippen LogP contribution in [-0.2, 0) is 11.3 Å². The second kappa shape index (κ2) is 5.67. The monoisotopic (exact) mass is 299 g/mol. The topological polar surface area (TPSA) is 57.7 Å². The van der Waals surface area contributed by atoms with E-state index in [1.165, 1.54) is 0 Å². The Morgan fingerprint density at radius 2 is 2.23 bits per heavy atom. The lowest BCUT2D eigenvalue weighted by atomic mass is 9.92. The van der Waals surface area contributed by atoms with Crippen molar-refractivity contribution in [1.29, 1.82) is 0 Å². The molecule has 3 rings (SSSR count). The molecule has 0 atom stereocenters. The van der Waals surface area contributed by atoms with Crippen LogP contribution in [0.3, 0.4) is 0 Å². The number of benzene rings is 1. The highest BCUT2D eigenvalue weighted by atomic mass is 16.5. The predicted octanol–water partition coefficient (Wildman–Crippen LogP) is 3.13. The van der Waals surface area contributed by atoms with Crippen molar-refractivity contribution in [3.05, 3.63) is 41.2 Å². The van der Waals surface area contributed by atoms with E-state index in [9.17, 15) is 4.79 Å². The van der Waals surface area contributed by atoms with Gasteiger partial charge in [0.15, 0.2) is 0 Å². The quantitative estimate of drug-likeness (QED) is 0.815. The van der Waals surface area contributed by atoms with Crippen LogP contribution < -0.4 is 9.47 Å². The van der Waals surface area contributed by atoms with Gasteiger partial charge in [-0.15, -0.1) is 0 Å². The number of pyridine rings is 1. The van der Waals surface area contributed by atoms with Gasteiger partial charge in [-0.1, -0.05) is 0 Å². The maximum atomic E-state index is 12.3. The molecule has 5 nitrogen and oxygen atoms in total. The number of hydrogen-bond acceptors (Lipinski definition) is 5. The third kappa shape index (κ3) is 2.28. The van der Waals surface area contributed by atoms with Crippen LogP contribution in [-0.4, -0.2) is 24.7 Å². The number of aromatic nitrogens is 1.